The van der Waals surface area contributed by atoms with Gasteiger partial charge in [-0.1, -0.05) is 18.2 Å². The van der Waals surface area contributed by atoms with Crippen molar-refractivity contribution in [2.24, 2.45) is 0 Å². The minimum atomic E-state index is -0.746. The zero-order chi connectivity index (χ0) is 17.0. The van der Waals surface area contributed by atoms with Crippen molar-refractivity contribution in [2.75, 3.05) is 11.9 Å². The lowest BCUT2D eigenvalue weighted by Crippen LogP contribution is -2.32. The van der Waals surface area contributed by atoms with Crippen molar-refractivity contribution in [1.29, 1.82) is 0 Å². The van der Waals surface area contributed by atoms with Crippen LogP contribution in [0, 0.1) is 24.0 Å². The predicted molar refractivity (Wildman–Crippen MR) is 82.2 cm³/mol. The van der Waals surface area contributed by atoms with E-state index >= 15 is 0 Å². The van der Waals surface area contributed by atoms with Crippen LogP contribution >= 0.6 is 0 Å². The van der Waals surface area contributed by atoms with Gasteiger partial charge < -0.3 is 15.1 Å². The number of hydrogen-bond acceptors (Lipinski definition) is 5. The fourth-order valence-electron chi connectivity index (χ4n) is 1.99. The number of aryl methyl sites for hydroxylation is 2. The fraction of sp³-hybridized carbons (Fsp3) is 0.200. The molecular weight excluding hydrogens is 302 g/mol. The van der Waals surface area contributed by atoms with Crippen LogP contribution in [0.1, 0.15) is 21.7 Å². The van der Waals surface area contributed by atoms with Crippen molar-refractivity contribution in [1.82, 2.24) is 5.32 Å². The molecule has 0 aliphatic carbocycles. The molecule has 2 amide bonds. The van der Waals surface area contributed by atoms with Gasteiger partial charge >= 0.3 is 5.88 Å². The van der Waals surface area contributed by atoms with E-state index in [9.17, 15) is 19.7 Å². The summed E-state index contributed by atoms with van der Waals surface area (Å²) in [4.78, 5) is 33.4. The van der Waals surface area contributed by atoms with Gasteiger partial charge in [-0.3, -0.25) is 19.7 Å². The number of nitrogens with zero attached hydrogens (tertiary/aromatic N) is 1. The lowest BCUT2D eigenvalue weighted by molar-refractivity contribution is -0.402. The average Bonchev–Trinajstić information content (AvgIpc) is 2.99. The van der Waals surface area contributed by atoms with Gasteiger partial charge in [0.05, 0.1) is 12.6 Å². The van der Waals surface area contributed by atoms with Gasteiger partial charge in [0.1, 0.15) is 4.92 Å². The lowest BCUT2D eigenvalue weighted by atomic mass is 10.1. The highest BCUT2D eigenvalue weighted by Crippen LogP contribution is 2.19. The Balaban J connectivity index is 1.93. The molecule has 1 heterocycles. The fourth-order valence-corrected chi connectivity index (χ4v) is 1.99. The maximum Gasteiger partial charge on any atom is 0.433 e. The van der Waals surface area contributed by atoms with Gasteiger partial charge in [-0.05, 0) is 31.0 Å². The van der Waals surface area contributed by atoms with Crippen molar-refractivity contribution in [2.45, 2.75) is 13.8 Å². The summed E-state index contributed by atoms with van der Waals surface area (Å²) in [6.45, 7) is 3.45. The molecule has 0 saturated carbocycles. The van der Waals surface area contributed by atoms with Gasteiger partial charge in [-0.15, -0.1) is 0 Å². The van der Waals surface area contributed by atoms with Crippen LogP contribution in [0.25, 0.3) is 0 Å². The Morgan fingerprint density at radius 1 is 1.17 bits per heavy atom. The number of nitrogens with one attached hydrogen (secondary N) is 2. The third-order valence-corrected chi connectivity index (χ3v) is 3.15. The number of furan rings is 1. The Hall–Kier alpha value is -3.16. The summed E-state index contributed by atoms with van der Waals surface area (Å²) in [7, 11) is 0. The number of benzene rings is 1. The van der Waals surface area contributed by atoms with Gasteiger partial charge in [0.25, 0.3) is 5.91 Å². The summed E-state index contributed by atoms with van der Waals surface area (Å²) in [5, 5.41) is 15.5. The molecule has 0 bridgehead atoms. The molecule has 0 spiro atoms. The number of anilines is 1. The van der Waals surface area contributed by atoms with E-state index in [1.165, 1.54) is 6.07 Å². The van der Waals surface area contributed by atoms with E-state index < -0.39 is 22.6 Å². The second kappa shape index (κ2) is 6.73. The molecule has 0 unspecified atom stereocenters. The number of nitro groups is 1. The molecule has 1 aromatic heterocycles. The summed E-state index contributed by atoms with van der Waals surface area (Å²) in [5.41, 5.74) is 2.51. The highest BCUT2D eigenvalue weighted by atomic mass is 16.6. The minimum absolute atomic E-state index is 0.225. The van der Waals surface area contributed by atoms with Gasteiger partial charge in [-0.2, -0.15) is 0 Å². The largest absolute Gasteiger partial charge is 0.433 e. The first-order valence-electron chi connectivity index (χ1n) is 6.77. The number of hydrogen-bond donors (Lipinski definition) is 2. The standard InChI is InChI=1S/C15H15N3O5/c1-9-4-3-5-10(2)14(9)17-12(19)8-16-15(20)11-6-7-13(23-11)18(21)22/h3-7H,8H2,1-2H3,(H,16,20)(H,17,19). The number of carbonyl (C=O) groups is 2. The van der Waals surface area contributed by atoms with Gasteiger partial charge in [0.2, 0.25) is 5.91 Å². The van der Waals surface area contributed by atoms with E-state index in [2.05, 4.69) is 10.6 Å². The van der Waals surface area contributed by atoms with Crippen LogP contribution in [0.4, 0.5) is 11.6 Å². The van der Waals surface area contributed by atoms with Crippen molar-refractivity contribution >= 4 is 23.4 Å². The minimum Gasteiger partial charge on any atom is -0.395 e. The smallest absolute Gasteiger partial charge is 0.395 e. The molecule has 8 nitrogen and oxygen atoms in total. The molecule has 0 saturated heterocycles. The van der Waals surface area contributed by atoms with Crippen molar-refractivity contribution in [3.63, 3.8) is 0 Å². The number of para-hydroxylation sites is 1. The van der Waals surface area contributed by atoms with Gasteiger partial charge in [0.15, 0.2) is 5.76 Å². The maximum atomic E-state index is 11.9. The molecule has 120 valence electrons. The Morgan fingerprint density at radius 2 is 1.83 bits per heavy atom. The third kappa shape index (κ3) is 3.94. The first-order chi connectivity index (χ1) is 10.9. The summed E-state index contributed by atoms with van der Waals surface area (Å²) in [6, 6.07) is 7.86. The monoisotopic (exact) mass is 317 g/mol. The third-order valence-electron chi connectivity index (χ3n) is 3.15. The summed E-state index contributed by atoms with van der Waals surface area (Å²) in [6.07, 6.45) is 0. The Morgan fingerprint density at radius 3 is 2.39 bits per heavy atom. The van der Waals surface area contributed by atoms with Crippen LogP contribution in [0.3, 0.4) is 0 Å². The molecule has 0 radical (unpaired) electrons. The maximum absolute atomic E-state index is 11.9. The van der Waals surface area contributed by atoms with Crippen molar-refractivity contribution < 1.29 is 18.9 Å². The van der Waals surface area contributed by atoms with Crippen molar-refractivity contribution in [3.8, 4) is 0 Å². The SMILES string of the molecule is Cc1cccc(C)c1NC(=O)CNC(=O)c1ccc([N+](=O)[O-])o1. The van der Waals surface area contributed by atoms with Crippen LogP contribution in [-0.2, 0) is 4.79 Å². The van der Waals surface area contributed by atoms with Crippen LogP contribution in [0.5, 0.6) is 0 Å². The molecule has 23 heavy (non-hydrogen) atoms. The Labute approximate surface area is 131 Å². The number of rotatable bonds is 5. The second-order valence-corrected chi connectivity index (χ2v) is 4.89. The topological polar surface area (TPSA) is 114 Å². The second-order valence-electron chi connectivity index (χ2n) is 4.89. The lowest BCUT2D eigenvalue weighted by Gasteiger charge is -2.11. The molecule has 2 N–H and O–H groups in total. The summed E-state index contributed by atoms with van der Waals surface area (Å²) < 4.78 is 4.75. The van der Waals surface area contributed by atoms with E-state index in [0.717, 1.165) is 17.2 Å². The summed E-state index contributed by atoms with van der Waals surface area (Å²) in [5.74, 6) is -1.86. The molecule has 1 aromatic carbocycles. The van der Waals surface area contributed by atoms with Gasteiger partial charge in [-0.25, -0.2) is 0 Å². The molecule has 2 rings (SSSR count). The van der Waals surface area contributed by atoms with E-state index in [1.54, 1.807) is 0 Å². The first kappa shape index (κ1) is 16.2. The van der Waals surface area contributed by atoms with Gasteiger partial charge in [0, 0.05) is 5.69 Å². The van der Waals surface area contributed by atoms with E-state index in [4.69, 9.17) is 4.42 Å². The first-order valence-corrected chi connectivity index (χ1v) is 6.77. The van der Waals surface area contributed by atoms with Crippen LogP contribution in [-0.4, -0.2) is 23.3 Å². The Bertz CT molecular complexity index is 746. The summed E-state index contributed by atoms with van der Waals surface area (Å²) >= 11 is 0. The average molecular weight is 317 g/mol. The van der Waals surface area contributed by atoms with Crippen LogP contribution < -0.4 is 10.6 Å². The number of carbonyl (C=O) groups excluding carboxylic acids is 2. The molecule has 8 heteroatoms. The molecule has 0 aliphatic heterocycles. The van der Waals surface area contributed by atoms with Crippen molar-refractivity contribution in [3.05, 3.63) is 57.3 Å². The number of amides is 2. The molecule has 2 aromatic rings. The van der Waals surface area contributed by atoms with Crippen LogP contribution in [0.15, 0.2) is 34.7 Å². The normalized spacial score (nSPS) is 10.2. The van der Waals surface area contributed by atoms with E-state index in [1.807, 2.05) is 32.0 Å². The van der Waals surface area contributed by atoms with E-state index in [0.29, 0.717) is 5.69 Å². The van der Waals surface area contributed by atoms with E-state index in [-0.39, 0.29) is 12.3 Å². The molecule has 0 atom stereocenters. The highest BCUT2D eigenvalue weighted by molar-refractivity contribution is 5.98. The zero-order valence-electron chi connectivity index (χ0n) is 12.6. The molecule has 0 aliphatic rings. The van der Waals surface area contributed by atoms with Crippen LogP contribution in [0.2, 0.25) is 0 Å². The molecular formula is C15H15N3O5. The zero-order valence-corrected chi connectivity index (χ0v) is 12.6. The quantitative estimate of drug-likeness (QED) is 0.648. The molecule has 0 fully saturated rings. The Kier molecular flexibility index (Phi) is 4.75. The highest BCUT2D eigenvalue weighted by Gasteiger charge is 2.18. The predicted octanol–water partition coefficient (Wildman–Crippen LogP) is 2.17.